The predicted molar refractivity (Wildman–Crippen MR) is 77.8 cm³/mol. The second kappa shape index (κ2) is 7.70. The number of nitrogens with one attached hydrogen (secondary N) is 1. The monoisotopic (exact) mass is 285 g/mol. The molecule has 0 amide bonds. The highest BCUT2D eigenvalue weighted by Gasteiger charge is 2.35. The quantitative estimate of drug-likeness (QED) is 0.786. The molecule has 0 bridgehead atoms. The lowest BCUT2D eigenvalue weighted by Gasteiger charge is -2.39. The number of likely N-dealkylation sites (N-methyl/N-ethyl adjacent to an activating group) is 1. The first-order valence-corrected chi connectivity index (χ1v) is 7.25. The topological polar surface area (TPSA) is 21.3 Å². The van der Waals surface area contributed by atoms with Crippen molar-refractivity contribution in [2.75, 3.05) is 13.7 Å². The fraction of sp³-hybridized carbons (Fsp3) is 0.625. The highest BCUT2D eigenvalue weighted by Crippen LogP contribution is 2.27. The Morgan fingerprint density at radius 2 is 1.80 bits per heavy atom. The average Bonchev–Trinajstić information content (AvgIpc) is 2.45. The van der Waals surface area contributed by atoms with E-state index in [9.17, 15) is 8.78 Å². The van der Waals surface area contributed by atoms with E-state index in [2.05, 4.69) is 19.2 Å². The summed E-state index contributed by atoms with van der Waals surface area (Å²) in [5.41, 5.74) is 0.485. The van der Waals surface area contributed by atoms with Gasteiger partial charge in [0, 0.05) is 13.2 Å². The van der Waals surface area contributed by atoms with E-state index in [1.54, 1.807) is 13.2 Å². The molecule has 0 fully saturated rings. The summed E-state index contributed by atoms with van der Waals surface area (Å²) in [6.45, 7) is 7.01. The second-order valence-corrected chi connectivity index (χ2v) is 5.04. The van der Waals surface area contributed by atoms with Gasteiger partial charge < -0.3 is 10.1 Å². The van der Waals surface area contributed by atoms with Crippen molar-refractivity contribution in [1.29, 1.82) is 0 Å². The normalized spacial score (nSPS) is 13.5. The van der Waals surface area contributed by atoms with E-state index in [1.165, 1.54) is 12.1 Å². The van der Waals surface area contributed by atoms with Gasteiger partial charge in [0.15, 0.2) is 11.6 Å². The lowest BCUT2D eigenvalue weighted by atomic mass is 9.84. The Morgan fingerprint density at radius 3 is 2.25 bits per heavy atom. The van der Waals surface area contributed by atoms with Gasteiger partial charge in [-0.05, 0) is 43.5 Å². The van der Waals surface area contributed by atoms with E-state index in [1.807, 2.05) is 6.92 Å². The first-order chi connectivity index (χ1) is 9.52. The van der Waals surface area contributed by atoms with E-state index < -0.39 is 11.6 Å². The molecule has 114 valence electrons. The standard InChI is InChI=1S/C16H25F2NO/c1-5-16(6-2,20-4)15(19-7-3)11-12-8-9-13(17)14(18)10-12/h8-10,15,19H,5-7,11H2,1-4H3. The molecular formula is C16H25F2NO. The first kappa shape index (κ1) is 17.1. The number of hydrogen-bond donors (Lipinski definition) is 1. The van der Waals surface area contributed by atoms with Crippen molar-refractivity contribution in [3.05, 3.63) is 35.4 Å². The van der Waals surface area contributed by atoms with Gasteiger partial charge in [0.25, 0.3) is 0 Å². The van der Waals surface area contributed by atoms with Crippen molar-refractivity contribution in [3.8, 4) is 0 Å². The Kier molecular flexibility index (Phi) is 6.56. The fourth-order valence-electron chi connectivity index (χ4n) is 2.77. The Bertz CT molecular complexity index is 411. The van der Waals surface area contributed by atoms with Gasteiger partial charge in [0.1, 0.15) is 0 Å². The van der Waals surface area contributed by atoms with E-state index in [-0.39, 0.29) is 11.6 Å². The van der Waals surface area contributed by atoms with Crippen molar-refractivity contribution in [2.24, 2.45) is 0 Å². The largest absolute Gasteiger partial charge is 0.377 e. The summed E-state index contributed by atoms with van der Waals surface area (Å²) in [5.74, 6) is -1.61. The summed E-state index contributed by atoms with van der Waals surface area (Å²) in [6, 6.07) is 4.15. The molecule has 0 saturated heterocycles. The molecule has 0 saturated carbocycles. The Balaban J connectivity index is 2.98. The number of ether oxygens (including phenoxy) is 1. The van der Waals surface area contributed by atoms with Gasteiger partial charge >= 0.3 is 0 Å². The SMILES string of the molecule is CCNC(Cc1ccc(F)c(F)c1)C(CC)(CC)OC. The van der Waals surface area contributed by atoms with Crippen LogP contribution in [0.3, 0.4) is 0 Å². The molecule has 1 rings (SSSR count). The Hall–Kier alpha value is -1.00. The highest BCUT2D eigenvalue weighted by molar-refractivity contribution is 5.20. The fourth-order valence-corrected chi connectivity index (χ4v) is 2.77. The minimum atomic E-state index is -0.808. The van der Waals surface area contributed by atoms with Crippen LogP contribution in [0.15, 0.2) is 18.2 Å². The molecule has 1 aromatic carbocycles. The Morgan fingerprint density at radius 1 is 1.15 bits per heavy atom. The smallest absolute Gasteiger partial charge is 0.159 e. The molecule has 0 aliphatic carbocycles. The molecule has 0 aliphatic rings. The third-order valence-electron chi connectivity index (χ3n) is 4.11. The maximum absolute atomic E-state index is 13.3. The minimum absolute atomic E-state index is 0.0670. The van der Waals surface area contributed by atoms with Crippen molar-refractivity contribution in [3.63, 3.8) is 0 Å². The molecular weight excluding hydrogens is 260 g/mol. The maximum atomic E-state index is 13.3. The lowest BCUT2D eigenvalue weighted by Crippen LogP contribution is -2.52. The molecule has 0 aromatic heterocycles. The van der Waals surface area contributed by atoms with Crippen LogP contribution in [0.5, 0.6) is 0 Å². The molecule has 0 spiro atoms. The zero-order valence-corrected chi connectivity index (χ0v) is 12.8. The zero-order chi connectivity index (χ0) is 15.2. The molecule has 1 aromatic rings. The van der Waals surface area contributed by atoms with Gasteiger partial charge in [-0.1, -0.05) is 26.8 Å². The van der Waals surface area contributed by atoms with E-state index in [4.69, 9.17) is 4.74 Å². The van der Waals surface area contributed by atoms with Crippen molar-refractivity contribution in [2.45, 2.75) is 51.7 Å². The summed E-state index contributed by atoms with van der Waals surface area (Å²) in [7, 11) is 1.71. The van der Waals surface area contributed by atoms with Gasteiger partial charge in [0.2, 0.25) is 0 Å². The van der Waals surface area contributed by atoms with Crippen molar-refractivity contribution in [1.82, 2.24) is 5.32 Å². The number of methoxy groups -OCH3 is 1. The summed E-state index contributed by atoms with van der Waals surface area (Å²) < 4.78 is 32.1. The molecule has 1 atom stereocenters. The third kappa shape index (κ3) is 3.76. The third-order valence-corrected chi connectivity index (χ3v) is 4.11. The van der Waals surface area contributed by atoms with Crippen LogP contribution in [0.2, 0.25) is 0 Å². The molecule has 1 N–H and O–H groups in total. The molecule has 1 unspecified atom stereocenters. The highest BCUT2D eigenvalue weighted by atomic mass is 19.2. The van der Waals surface area contributed by atoms with Crippen molar-refractivity contribution < 1.29 is 13.5 Å². The van der Waals surface area contributed by atoms with Crippen LogP contribution >= 0.6 is 0 Å². The predicted octanol–water partition coefficient (Wildman–Crippen LogP) is 3.69. The molecule has 0 heterocycles. The molecule has 2 nitrogen and oxygen atoms in total. The summed E-state index contributed by atoms with van der Waals surface area (Å²) in [4.78, 5) is 0. The molecule has 4 heteroatoms. The van der Waals surface area contributed by atoms with Crippen LogP contribution in [-0.2, 0) is 11.2 Å². The number of halogens is 2. The Labute approximate surface area is 120 Å². The molecule has 0 aliphatic heterocycles. The number of benzene rings is 1. The van der Waals surface area contributed by atoms with Crippen LogP contribution in [0.1, 0.15) is 39.2 Å². The van der Waals surface area contributed by atoms with Crippen LogP contribution in [0, 0.1) is 11.6 Å². The van der Waals surface area contributed by atoms with Crippen LogP contribution < -0.4 is 5.32 Å². The maximum Gasteiger partial charge on any atom is 0.159 e. The van der Waals surface area contributed by atoms with E-state index in [0.29, 0.717) is 6.42 Å². The molecule has 0 radical (unpaired) electrons. The van der Waals surface area contributed by atoms with Gasteiger partial charge in [0.05, 0.1) is 5.60 Å². The van der Waals surface area contributed by atoms with Crippen molar-refractivity contribution >= 4 is 0 Å². The van der Waals surface area contributed by atoms with Crippen LogP contribution in [0.4, 0.5) is 8.78 Å². The average molecular weight is 285 g/mol. The van der Waals surface area contributed by atoms with Gasteiger partial charge in [-0.3, -0.25) is 0 Å². The molecule has 20 heavy (non-hydrogen) atoms. The van der Waals surface area contributed by atoms with Crippen LogP contribution in [-0.4, -0.2) is 25.3 Å². The summed E-state index contributed by atoms with van der Waals surface area (Å²) in [6.07, 6.45) is 2.34. The van der Waals surface area contributed by atoms with Gasteiger partial charge in [-0.25, -0.2) is 8.78 Å². The van der Waals surface area contributed by atoms with E-state index in [0.717, 1.165) is 24.9 Å². The zero-order valence-electron chi connectivity index (χ0n) is 12.8. The minimum Gasteiger partial charge on any atom is -0.377 e. The number of rotatable bonds is 8. The second-order valence-electron chi connectivity index (χ2n) is 5.04. The van der Waals surface area contributed by atoms with Gasteiger partial charge in [-0.15, -0.1) is 0 Å². The number of hydrogen-bond acceptors (Lipinski definition) is 2. The summed E-state index contributed by atoms with van der Waals surface area (Å²) >= 11 is 0. The lowest BCUT2D eigenvalue weighted by molar-refractivity contribution is -0.0468. The van der Waals surface area contributed by atoms with Gasteiger partial charge in [-0.2, -0.15) is 0 Å². The first-order valence-electron chi connectivity index (χ1n) is 7.25. The van der Waals surface area contributed by atoms with Crippen LogP contribution in [0.25, 0.3) is 0 Å². The van der Waals surface area contributed by atoms with E-state index >= 15 is 0 Å². The summed E-state index contributed by atoms with van der Waals surface area (Å²) in [5, 5.41) is 3.42.